The van der Waals surface area contributed by atoms with Crippen molar-refractivity contribution in [3.63, 3.8) is 0 Å². The number of aliphatic hydroxyl groups excluding tert-OH is 2. The number of rotatable bonds is 4. The lowest BCUT2D eigenvalue weighted by Gasteiger charge is -2.19. The second-order valence-corrected chi connectivity index (χ2v) is 7.91. The standard InChI is InChI=1S/C22H19ClF3N3O3/c1-11-2-7-15(8-14(11)10-30)32-21-27-17-9-16(23)18(28-20(17)29-21)12-3-5-13(6-4-12)19(31)22(24,25)26/h2-8,17,19,30-31H,9-10H2,1H3,(H,27,28,29). The van der Waals surface area contributed by atoms with E-state index in [9.17, 15) is 23.4 Å². The minimum Gasteiger partial charge on any atom is -0.426 e. The number of halogens is 4. The van der Waals surface area contributed by atoms with Gasteiger partial charge in [-0.3, -0.25) is 0 Å². The highest BCUT2D eigenvalue weighted by Crippen LogP contribution is 2.35. The molecule has 32 heavy (non-hydrogen) atoms. The number of amidine groups is 2. The molecule has 0 saturated carbocycles. The van der Waals surface area contributed by atoms with Crippen molar-refractivity contribution >= 4 is 29.2 Å². The van der Waals surface area contributed by atoms with Gasteiger partial charge in [-0.15, -0.1) is 0 Å². The van der Waals surface area contributed by atoms with Crippen molar-refractivity contribution in [1.29, 1.82) is 0 Å². The Morgan fingerprint density at radius 1 is 1.19 bits per heavy atom. The Kier molecular flexibility index (Phi) is 5.98. The molecule has 10 heteroatoms. The van der Waals surface area contributed by atoms with Crippen LogP contribution >= 0.6 is 11.6 Å². The first-order valence-electron chi connectivity index (χ1n) is 9.71. The summed E-state index contributed by atoms with van der Waals surface area (Å²) in [6.45, 7) is 1.77. The molecule has 0 saturated heterocycles. The zero-order chi connectivity index (χ0) is 23.0. The fourth-order valence-electron chi connectivity index (χ4n) is 3.40. The molecular weight excluding hydrogens is 447 g/mol. The molecule has 3 N–H and O–H groups in total. The minimum atomic E-state index is -4.74. The summed E-state index contributed by atoms with van der Waals surface area (Å²) < 4.78 is 43.9. The van der Waals surface area contributed by atoms with Gasteiger partial charge in [-0.2, -0.15) is 18.2 Å². The van der Waals surface area contributed by atoms with Gasteiger partial charge in [0.05, 0.1) is 18.3 Å². The normalized spacial score (nSPS) is 19.2. The van der Waals surface area contributed by atoms with E-state index in [1.165, 1.54) is 24.3 Å². The van der Waals surface area contributed by atoms with E-state index in [4.69, 9.17) is 16.3 Å². The van der Waals surface area contributed by atoms with Gasteiger partial charge in [0.15, 0.2) is 11.9 Å². The van der Waals surface area contributed by atoms with Crippen molar-refractivity contribution in [2.24, 2.45) is 9.98 Å². The van der Waals surface area contributed by atoms with E-state index in [-0.39, 0.29) is 24.2 Å². The molecular formula is C22H19ClF3N3O3. The zero-order valence-corrected chi connectivity index (χ0v) is 17.6. The monoisotopic (exact) mass is 465 g/mol. The lowest BCUT2D eigenvalue weighted by atomic mass is 10.0. The molecule has 2 aromatic carbocycles. The molecule has 0 fully saturated rings. The van der Waals surface area contributed by atoms with Crippen LogP contribution in [0.15, 0.2) is 57.5 Å². The van der Waals surface area contributed by atoms with Gasteiger partial charge in [-0.05, 0) is 35.7 Å². The van der Waals surface area contributed by atoms with Gasteiger partial charge in [0.1, 0.15) is 5.75 Å². The summed E-state index contributed by atoms with van der Waals surface area (Å²) in [5.41, 5.74) is 2.32. The molecule has 0 bridgehead atoms. The largest absolute Gasteiger partial charge is 0.426 e. The molecule has 2 aliphatic heterocycles. The third-order valence-corrected chi connectivity index (χ3v) is 5.54. The summed E-state index contributed by atoms with van der Waals surface area (Å²) in [4.78, 5) is 8.83. The van der Waals surface area contributed by atoms with Gasteiger partial charge in [-0.1, -0.05) is 41.9 Å². The molecule has 0 aliphatic carbocycles. The van der Waals surface area contributed by atoms with Gasteiger partial charge < -0.3 is 20.3 Å². The lowest BCUT2D eigenvalue weighted by Crippen LogP contribution is -2.36. The van der Waals surface area contributed by atoms with Crippen molar-refractivity contribution in [3.8, 4) is 5.75 Å². The average Bonchev–Trinajstić information content (AvgIpc) is 3.14. The second kappa shape index (κ2) is 8.57. The second-order valence-electron chi connectivity index (χ2n) is 7.46. The van der Waals surface area contributed by atoms with Crippen molar-refractivity contribution in [3.05, 3.63) is 69.8 Å². The van der Waals surface area contributed by atoms with E-state index < -0.39 is 12.3 Å². The maximum atomic E-state index is 12.7. The summed E-state index contributed by atoms with van der Waals surface area (Å²) in [5.74, 6) is 0.941. The highest BCUT2D eigenvalue weighted by Gasteiger charge is 2.39. The quantitative estimate of drug-likeness (QED) is 0.631. The van der Waals surface area contributed by atoms with E-state index in [1.54, 1.807) is 12.1 Å². The summed E-state index contributed by atoms with van der Waals surface area (Å²) in [6.07, 6.45) is -6.93. The van der Waals surface area contributed by atoms with Crippen molar-refractivity contribution in [1.82, 2.24) is 5.32 Å². The van der Waals surface area contributed by atoms with E-state index >= 15 is 0 Å². The fourth-order valence-corrected chi connectivity index (χ4v) is 3.71. The molecule has 2 atom stereocenters. The third-order valence-electron chi connectivity index (χ3n) is 5.21. The molecule has 168 valence electrons. The average molecular weight is 466 g/mol. The Hall–Kier alpha value is -2.88. The molecule has 0 spiro atoms. The van der Waals surface area contributed by atoms with Gasteiger partial charge >= 0.3 is 6.18 Å². The molecule has 0 radical (unpaired) electrons. The topological polar surface area (TPSA) is 86.4 Å². The van der Waals surface area contributed by atoms with Gasteiger partial charge in [0, 0.05) is 17.0 Å². The Bertz CT molecular complexity index is 1130. The smallest absolute Gasteiger partial charge is 0.418 e. The van der Waals surface area contributed by atoms with Crippen LogP contribution < -0.4 is 10.1 Å². The van der Waals surface area contributed by atoms with Crippen LogP contribution in [0.5, 0.6) is 5.75 Å². The minimum absolute atomic E-state index is 0.111. The van der Waals surface area contributed by atoms with Crippen LogP contribution in [-0.2, 0) is 6.61 Å². The Morgan fingerprint density at radius 2 is 1.91 bits per heavy atom. The third kappa shape index (κ3) is 4.50. The van der Waals surface area contributed by atoms with Crippen molar-refractivity contribution < 1.29 is 28.1 Å². The Labute approximate surface area is 186 Å². The summed E-state index contributed by atoms with van der Waals surface area (Å²) >= 11 is 6.41. The van der Waals surface area contributed by atoms with E-state index in [1.807, 2.05) is 13.0 Å². The Morgan fingerprint density at radius 3 is 2.56 bits per heavy atom. The number of aliphatic hydroxyl groups is 2. The number of hydrogen-bond donors (Lipinski definition) is 3. The summed E-state index contributed by atoms with van der Waals surface area (Å²) in [7, 11) is 0. The van der Waals surface area contributed by atoms with Crippen LogP contribution in [0.1, 0.15) is 34.8 Å². The zero-order valence-electron chi connectivity index (χ0n) is 16.8. The van der Waals surface area contributed by atoms with Crippen LogP contribution in [0.2, 0.25) is 0 Å². The molecule has 0 amide bonds. The molecule has 0 aromatic heterocycles. The number of aryl methyl sites for hydroxylation is 1. The molecule has 4 rings (SSSR count). The predicted octanol–water partition coefficient (Wildman–Crippen LogP) is 4.20. The highest BCUT2D eigenvalue weighted by atomic mass is 35.5. The van der Waals surface area contributed by atoms with Crippen LogP contribution in [0, 0.1) is 6.92 Å². The number of aliphatic imine (C=N–C) groups is 2. The number of hydrogen-bond acceptors (Lipinski definition) is 6. The van der Waals surface area contributed by atoms with E-state index in [0.29, 0.717) is 34.3 Å². The first-order chi connectivity index (χ1) is 15.2. The van der Waals surface area contributed by atoms with E-state index in [2.05, 4.69) is 15.3 Å². The van der Waals surface area contributed by atoms with Crippen LogP contribution in [0.3, 0.4) is 0 Å². The summed E-state index contributed by atoms with van der Waals surface area (Å²) in [6, 6.07) is 10.5. The number of alkyl halides is 3. The Balaban J connectivity index is 1.54. The molecule has 2 unspecified atom stereocenters. The number of fused-ring (bicyclic) bond motifs is 1. The summed E-state index contributed by atoms with van der Waals surface area (Å²) in [5, 5.41) is 22.3. The SMILES string of the molecule is Cc1ccc(OC2=NC3=NC(c4ccc(C(O)C(F)(F)F)cc4)=C(Cl)CC3N2)cc1CO. The fraction of sp³-hybridized carbons (Fsp3) is 0.273. The predicted molar refractivity (Wildman–Crippen MR) is 114 cm³/mol. The maximum absolute atomic E-state index is 12.7. The van der Waals surface area contributed by atoms with Gasteiger partial charge in [-0.25, -0.2) is 4.99 Å². The number of nitrogens with zero attached hydrogens (tertiary/aromatic N) is 2. The van der Waals surface area contributed by atoms with Crippen molar-refractivity contribution in [2.45, 2.75) is 38.3 Å². The van der Waals surface area contributed by atoms with Crippen LogP contribution in [-0.4, -0.2) is 34.3 Å². The first kappa shape index (κ1) is 22.3. The number of nitrogens with one attached hydrogen (secondary N) is 1. The van der Waals surface area contributed by atoms with Gasteiger partial charge in [0.25, 0.3) is 6.02 Å². The van der Waals surface area contributed by atoms with E-state index in [0.717, 1.165) is 11.1 Å². The highest BCUT2D eigenvalue weighted by molar-refractivity contribution is 6.33. The van der Waals surface area contributed by atoms with Crippen LogP contribution in [0.4, 0.5) is 13.2 Å². The number of ether oxygens (including phenoxy) is 1. The van der Waals surface area contributed by atoms with Gasteiger partial charge in [0.2, 0.25) is 0 Å². The molecule has 6 nitrogen and oxygen atoms in total. The lowest BCUT2D eigenvalue weighted by molar-refractivity contribution is -0.206. The molecule has 2 heterocycles. The number of benzene rings is 2. The molecule has 2 aromatic rings. The van der Waals surface area contributed by atoms with Crippen LogP contribution in [0.25, 0.3) is 5.70 Å². The maximum Gasteiger partial charge on any atom is 0.418 e. The first-order valence-corrected chi connectivity index (χ1v) is 10.1. The molecule has 2 aliphatic rings. The van der Waals surface area contributed by atoms with Crippen molar-refractivity contribution in [2.75, 3.05) is 0 Å².